The lowest BCUT2D eigenvalue weighted by Crippen LogP contribution is -2.00. The van der Waals surface area contributed by atoms with Crippen molar-refractivity contribution in [2.45, 2.75) is 85.5 Å². The molecule has 0 saturated carbocycles. The molecule has 0 saturated heterocycles. The maximum absolute atomic E-state index is 2.46. The van der Waals surface area contributed by atoms with E-state index in [0.717, 1.165) is 6.42 Å². The second-order valence-corrected chi connectivity index (χ2v) is 7.44. The van der Waals surface area contributed by atoms with Gasteiger partial charge in [-0.3, -0.25) is 0 Å². The van der Waals surface area contributed by atoms with E-state index < -0.39 is 0 Å². The van der Waals surface area contributed by atoms with Gasteiger partial charge in [-0.15, -0.1) is 0 Å². The van der Waals surface area contributed by atoms with Gasteiger partial charge < -0.3 is 0 Å². The summed E-state index contributed by atoms with van der Waals surface area (Å²) in [5.41, 5.74) is 9.12. The molecule has 0 atom stereocenters. The molecule has 0 aliphatic rings. The minimum Gasteiger partial charge on any atom is -0.0651 e. The van der Waals surface area contributed by atoms with Crippen LogP contribution in [0.25, 0.3) is 0 Å². The van der Waals surface area contributed by atoms with Crippen molar-refractivity contribution >= 4 is 0 Å². The summed E-state index contributed by atoms with van der Waals surface area (Å²) in [6.45, 7) is 9.11. The Kier molecular flexibility index (Phi) is 8.25. The first-order valence-corrected chi connectivity index (χ1v) is 10.4. The van der Waals surface area contributed by atoms with E-state index >= 15 is 0 Å². The molecule has 2 aromatic rings. The molecule has 0 radical (unpaired) electrons. The fourth-order valence-corrected chi connectivity index (χ4v) is 3.83. The lowest BCUT2D eigenvalue weighted by Gasteiger charge is -2.14. The number of hydrogen-bond acceptors (Lipinski definition) is 0. The summed E-state index contributed by atoms with van der Waals surface area (Å²) in [5.74, 6) is 0. The Morgan fingerprint density at radius 1 is 0.480 bits per heavy atom. The zero-order valence-corrected chi connectivity index (χ0v) is 16.8. The van der Waals surface area contributed by atoms with Crippen LogP contribution in [0.4, 0.5) is 0 Å². The molecule has 0 aliphatic heterocycles. The standard InChI is InChI=1S/C25H36/c1-5-9-20-13-14-25(24(18-20)12-8-4)19-23-16-21(10-6-2)15-22(17-23)11-7-3/h13-18H,5-12,19H2,1-4H3. The van der Waals surface area contributed by atoms with Gasteiger partial charge in [0.2, 0.25) is 0 Å². The third-order valence-electron chi connectivity index (χ3n) is 4.91. The molecule has 0 amide bonds. The molecule has 0 spiro atoms. The average Bonchev–Trinajstić information content (AvgIpc) is 2.58. The molecule has 0 heteroatoms. The summed E-state index contributed by atoms with van der Waals surface area (Å²) in [7, 11) is 0. The molecular formula is C25H36. The highest BCUT2D eigenvalue weighted by atomic mass is 14.1. The number of hydrogen-bond donors (Lipinski definition) is 0. The molecule has 25 heavy (non-hydrogen) atoms. The molecule has 0 heterocycles. The zero-order chi connectivity index (χ0) is 18.1. The van der Waals surface area contributed by atoms with E-state index in [9.17, 15) is 0 Å². The number of rotatable bonds is 10. The minimum atomic E-state index is 1.08. The molecule has 0 unspecified atom stereocenters. The first-order chi connectivity index (χ1) is 12.2. The van der Waals surface area contributed by atoms with E-state index in [0.29, 0.717) is 0 Å². The van der Waals surface area contributed by atoms with Crippen LogP contribution in [-0.4, -0.2) is 0 Å². The molecule has 2 rings (SSSR count). The van der Waals surface area contributed by atoms with E-state index in [2.05, 4.69) is 64.1 Å². The van der Waals surface area contributed by atoms with Crippen LogP contribution in [0.2, 0.25) is 0 Å². The van der Waals surface area contributed by atoms with Crippen molar-refractivity contribution < 1.29 is 0 Å². The van der Waals surface area contributed by atoms with Crippen molar-refractivity contribution in [1.82, 2.24) is 0 Å². The smallest absolute Gasteiger partial charge is 0.00228 e. The fraction of sp³-hybridized carbons (Fsp3) is 0.520. The monoisotopic (exact) mass is 336 g/mol. The van der Waals surface area contributed by atoms with Crippen LogP contribution in [0.15, 0.2) is 36.4 Å². The Hall–Kier alpha value is -1.56. The van der Waals surface area contributed by atoms with Crippen molar-refractivity contribution in [3.63, 3.8) is 0 Å². The van der Waals surface area contributed by atoms with Gasteiger partial charge >= 0.3 is 0 Å². The Morgan fingerprint density at radius 2 is 1.00 bits per heavy atom. The lowest BCUT2D eigenvalue weighted by molar-refractivity contribution is 0.876. The molecule has 136 valence electrons. The zero-order valence-electron chi connectivity index (χ0n) is 16.8. The minimum absolute atomic E-state index is 1.08. The van der Waals surface area contributed by atoms with Gasteiger partial charge in [-0.25, -0.2) is 0 Å². The summed E-state index contributed by atoms with van der Waals surface area (Å²) < 4.78 is 0. The van der Waals surface area contributed by atoms with Crippen molar-refractivity contribution in [3.05, 3.63) is 69.8 Å². The molecule has 2 aromatic carbocycles. The molecule has 0 nitrogen and oxygen atoms in total. The number of aryl methyl sites for hydroxylation is 4. The van der Waals surface area contributed by atoms with Crippen LogP contribution in [0.5, 0.6) is 0 Å². The van der Waals surface area contributed by atoms with Crippen LogP contribution in [0, 0.1) is 0 Å². The number of benzene rings is 2. The normalized spacial score (nSPS) is 11.0. The molecular weight excluding hydrogens is 300 g/mol. The fourth-order valence-electron chi connectivity index (χ4n) is 3.83. The quantitative estimate of drug-likeness (QED) is 0.434. The van der Waals surface area contributed by atoms with Crippen LogP contribution in [0.3, 0.4) is 0 Å². The highest BCUT2D eigenvalue weighted by Crippen LogP contribution is 2.22. The summed E-state index contributed by atoms with van der Waals surface area (Å²) in [4.78, 5) is 0. The molecule has 0 fully saturated rings. The third kappa shape index (κ3) is 6.03. The van der Waals surface area contributed by atoms with Crippen LogP contribution >= 0.6 is 0 Å². The van der Waals surface area contributed by atoms with Crippen LogP contribution in [0.1, 0.15) is 86.8 Å². The van der Waals surface area contributed by atoms with Gasteiger partial charge in [-0.2, -0.15) is 0 Å². The molecule has 0 aliphatic carbocycles. The van der Waals surface area contributed by atoms with Gasteiger partial charge in [0.25, 0.3) is 0 Å². The van der Waals surface area contributed by atoms with Gasteiger partial charge in [0.15, 0.2) is 0 Å². The summed E-state index contributed by atoms with van der Waals surface area (Å²) in [6.07, 6.45) is 10.8. The van der Waals surface area contributed by atoms with Crippen molar-refractivity contribution in [1.29, 1.82) is 0 Å². The predicted molar refractivity (Wildman–Crippen MR) is 112 cm³/mol. The van der Waals surface area contributed by atoms with Gasteiger partial charge in [0.05, 0.1) is 0 Å². The third-order valence-corrected chi connectivity index (χ3v) is 4.91. The van der Waals surface area contributed by atoms with Crippen molar-refractivity contribution in [2.75, 3.05) is 0 Å². The second kappa shape index (κ2) is 10.4. The Balaban J connectivity index is 2.30. The SMILES string of the molecule is CCCc1cc(CCC)cc(Cc2ccc(CCC)cc2CCC)c1. The van der Waals surface area contributed by atoms with Crippen molar-refractivity contribution in [3.8, 4) is 0 Å². The van der Waals surface area contributed by atoms with E-state index in [-0.39, 0.29) is 0 Å². The summed E-state index contributed by atoms with van der Waals surface area (Å²) >= 11 is 0. The first kappa shape index (κ1) is 19.8. The van der Waals surface area contributed by atoms with Gasteiger partial charge in [0.1, 0.15) is 0 Å². The Morgan fingerprint density at radius 3 is 1.56 bits per heavy atom. The molecule has 0 bridgehead atoms. The van der Waals surface area contributed by atoms with Gasteiger partial charge in [-0.05, 0) is 65.5 Å². The van der Waals surface area contributed by atoms with Crippen LogP contribution in [-0.2, 0) is 32.1 Å². The highest BCUT2D eigenvalue weighted by Gasteiger charge is 2.07. The largest absolute Gasteiger partial charge is 0.0651 e. The lowest BCUT2D eigenvalue weighted by atomic mass is 9.92. The Bertz CT molecular complexity index is 627. The first-order valence-electron chi connectivity index (χ1n) is 10.4. The predicted octanol–water partition coefficient (Wildman–Crippen LogP) is 7.09. The van der Waals surface area contributed by atoms with E-state index in [4.69, 9.17) is 0 Å². The maximum Gasteiger partial charge on any atom is -0.00228 e. The van der Waals surface area contributed by atoms with Gasteiger partial charge in [0, 0.05) is 0 Å². The van der Waals surface area contributed by atoms with Gasteiger partial charge in [-0.1, -0.05) is 89.8 Å². The van der Waals surface area contributed by atoms with E-state index in [1.165, 1.54) is 79.2 Å². The average molecular weight is 337 g/mol. The second-order valence-electron chi connectivity index (χ2n) is 7.44. The van der Waals surface area contributed by atoms with Crippen molar-refractivity contribution in [2.24, 2.45) is 0 Å². The summed E-state index contributed by atoms with van der Waals surface area (Å²) in [5, 5.41) is 0. The highest BCUT2D eigenvalue weighted by molar-refractivity contribution is 5.39. The Labute approximate surface area is 155 Å². The van der Waals surface area contributed by atoms with Crippen LogP contribution < -0.4 is 0 Å². The summed E-state index contributed by atoms with van der Waals surface area (Å²) in [6, 6.07) is 14.5. The topological polar surface area (TPSA) is 0 Å². The molecule has 0 aromatic heterocycles. The maximum atomic E-state index is 2.46. The van der Waals surface area contributed by atoms with E-state index in [1.807, 2.05) is 0 Å². The van der Waals surface area contributed by atoms with E-state index in [1.54, 1.807) is 5.56 Å². The molecule has 0 N–H and O–H groups in total.